The van der Waals surface area contributed by atoms with Crippen LogP contribution in [0.15, 0.2) is 0 Å². The molecule has 2 heteroatoms. The van der Waals surface area contributed by atoms with Crippen LogP contribution >= 0.6 is 0 Å². The van der Waals surface area contributed by atoms with Gasteiger partial charge in [-0.1, -0.05) is 110 Å². The van der Waals surface area contributed by atoms with Crippen LogP contribution in [0.4, 0.5) is 0 Å². The van der Waals surface area contributed by atoms with Gasteiger partial charge in [0.15, 0.2) is 0 Å². The van der Waals surface area contributed by atoms with Crippen LogP contribution in [0.1, 0.15) is 123 Å². The van der Waals surface area contributed by atoms with Crippen LogP contribution in [-0.2, 0) is 4.74 Å². The Morgan fingerprint density at radius 1 is 0.565 bits per heavy atom. The molecule has 0 rings (SSSR count). The number of ether oxygens (including phenoxy) is 1. The highest BCUT2D eigenvalue weighted by Crippen LogP contribution is 2.14. The molecule has 0 aliphatic carbocycles. The van der Waals surface area contributed by atoms with Crippen LogP contribution in [0, 0.1) is 6.29 Å². The first-order valence-electron chi connectivity index (χ1n) is 10.5. The zero-order valence-electron chi connectivity index (χ0n) is 16.1. The minimum absolute atomic E-state index is 0.186. The molecule has 0 bridgehead atoms. The maximum absolute atomic E-state index is 9.18. The highest BCUT2D eigenvalue weighted by atomic mass is 16.6. The van der Waals surface area contributed by atoms with Gasteiger partial charge in [0.25, 0.3) is 0 Å². The molecule has 2 nitrogen and oxygen atoms in total. The number of aliphatic hydroxyl groups excluding tert-OH is 1. The summed E-state index contributed by atoms with van der Waals surface area (Å²) >= 11 is 0. The molecule has 0 fully saturated rings. The SMILES string of the molecule is CCCCCCCCCCCCCCCCCCO[C](O)CC. The molecule has 0 aromatic carbocycles. The van der Waals surface area contributed by atoms with Gasteiger partial charge in [-0.05, 0) is 6.42 Å². The van der Waals surface area contributed by atoms with Gasteiger partial charge in [0.1, 0.15) is 0 Å². The molecular formula is C21H43O2. The maximum Gasteiger partial charge on any atom is 0.220 e. The van der Waals surface area contributed by atoms with Gasteiger partial charge < -0.3 is 9.84 Å². The van der Waals surface area contributed by atoms with E-state index in [1.54, 1.807) is 0 Å². The van der Waals surface area contributed by atoms with Gasteiger partial charge in [0.05, 0.1) is 6.61 Å². The van der Waals surface area contributed by atoms with Crippen molar-refractivity contribution in [3.8, 4) is 0 Å². The van der Waals surface area contributed by atoms with Gasteiger partial charge in [0, 0.05) is 6.42 Å². The predicted molar refractivity (Wildman–Crippen MR) is 101 cm³/mol. The van der Waals surface area contributed by atoms with E-state index in [4.69, 9.17) is 4.74 Å². The highest BCUT2D eigenvalue weighted by molar-refractivity contribution is 4.56. The fraction of sp³-hybridized carbons (Fsp3) is 0.952. The average molecular weight is 328 g/mol. The van der Waals surface area contributed by atoms with Gasteiger partial charge in [-0.2, -0.15) is 0 Å². The summed E-state index contributed by atoms with van der Waals surface area (Å²) < 4.78 is 5.18. The van der Waals surface area contributed by atoms with Crippen LogP contribution < -0.4 is 0 Å². The van der Waals surface area contributed by atoms with Crippen LogP contribution in [0.25, 0.3) is 0 Å². The van der Waals surface area contributed by atoms with Gasteiger partial charge in [-0.25, -0.2) is 0 Å². The molecule has 0 aromatic heterocycles. The molecule has 0 unspecified atom stereocenters. The molecule has 139 valence electrons. The van der Waals surface area contributed by atoms with E-state index in [2.05, 4.69) is 6.92 Å². The summed E-state index contributed by atoms with van der Waals surface area (Å²) in [4.78, 5) is 0. The minimum Gasteiger partial charge on any atom is -0.361 e. The first kappa shape index (κ1) is 22.9. The summed E-state index contributed by atoms with van der Waals surface area (Å²) in [7, 11) is 0. The Bertz CT molecular complexity index is 206. The summed E-state index contributed by atoms with van der Waals surface area (Å²) in [5.74, 6) is 0. The molecule has 0 atom stereocenters. The molecule has 0 saturated heterocycles. The number of unbranched alkanes of at least 4 members (excludes halogenated alkanes) is 15. The van der Waals surface area contributed by atoms with Crippen molar-refractivity contribution in [1.29, 1.82) is 0 Å². The smallest absolute Gasteiger partial charge is 0.220 e. The van der Waals surface area contributed by atoms with Crippen LogP contribution in [0.2, 0.25) is 0 Å². The topological polar surface area (TPSA) is 29.5 Å². The summed E-state index contributed by atoms with van der Waals surface area (Å²) in [6.07, 6.45) is 22.9. The van der Waals surface area contributed by atoms with E-state index < -0.39 is 0 Å². The Morgan fingerprint density at radius 2 is 0.913 bits per heavy atom. The van der Waals surface area contributed by atoms with E-state index in [0.29, 0.717) is 13.0 Å². The maximum atomic E-state index is 9.18. The third-order valence-electron chi connectivity index (χ3n) is 4.57. The van der Waals surface area contributed by atoms with Crippen molar-refractivity contribution in [2.24, 2.45) is 0 Å². The molecule has 0 amide bonds. The molecule has 0 aliphatic rings. The number of aliphatic hydroxyl groups is 1. The molecule has 0 aliphatic heterocycles. The predicted octanol–water partition coefficient (Wildman–Crippen LogP) is 7.54. The molecule has 23 heavy (non-hydrogen) atoms. The number of hydrogen-bond acceptors (Lipinski definition) is 2. The third-order valence-corrected chi connectivity index (χ3v) is 4.57. The lowest BCUT2D eigenvalue weighted by Crippen LogP contribution is -2.02. The minimum atomic E-state index is 0.186. The van der Waals surface area contributed by atoms with Crippen molar-refractivity contribution in [2.45, 2.75) is 123 Å². The number of hydrogen-bond donors (Lipinski definition) is 1. The van der Waals surface area contributed by atoms with Crippen molar-refractivity contribution in [3.63, 3.8) is 0 Å². The normalized spacial score (nSPS) is 11.5. The van der Waals surface area contributed by atoms with Crippen LogP contribution in [0.3, 0.4) is 0 Å². The van der Waals surface area contributed by atoms with Crippen molar-refractivity contribution in [1.82, 2.24) is 0 Å². The average Bonchev–Trinajstić information content (AvgIpc) is 2.57. The summed E-state index contributed by atoms with van der Waals surface area (Å²) in [6, 6.07) is 0. The molecule has 0 spiro atoms. The largest absolute Gasteiger partial charge is 0.361 e. The Balaban J connectivity index is 2.97. The Hall–Kier alpha value is -0.0800. The zero-order valence-corrected chi connectivity index (χ0v) is 16.1. The Labute approximate surface area is 146 Å². The summed E-state index contributed by atoms with van der Waals surface area (Å²) in [5.41, 5.74) is 0. The monoisotopic (exact) mass is 327 g/mol. The lowest BCUT2D eigenvalue weighted by atomic mass is 10.0. The van der Waals surface area contributed by atoms with E-state index in [0.717, 1.165) is 6.42 Å². The van der Waals surface area contributed by atoms with Gasteiger partial charge in [-0.3, -0.25) is 0 Å². The van der Waals surface area contributed by atoms with E-state index in [1.165, 1.54) is 96.3 Å². The molecule has 1 radical (unpaired) electrons. The first-order chi connectivity index (χ1) is 11.3. The van der Waals surface area contributed by atoms with Crippen molar-refractivity contribution in [2.75, 3.05) is 6.61 Å². The fourth-order valence-corrected chi connectivity index (χ4v) is 2.94. The first-order valence-corrected chi connectivity index (χ1v) is 10.5. The molecular weight excluding hydrogens is 284 g/mol. The van der Waals surface area contributed by atoms with Gasteiger partial charge in [0.2, 0.25) is 6.29 Å². The van der Waals surface area contributed by atoms with E-state index in [1.807, 2.05) is 6.92 Å². The second-order valence-electron chi connectivity index (χ2n) is 6.90. The second-order valence-corrected chi connectivity index (χ2v) is 6.90. The Kier molecular flexibility index (Phi) is 19.9. The van der Waals surface area contributed by atoms with Gasteiger partial charge in [-0.15, -0.1) is 0 Å². The van der Waals surface area contributed by atoms with Crippen molar-refractivity contribution >= 4 is 0 Å². The second kappa shape index (κ2) is 20.0. The van der Waals surface area contributed by atoms with Crippen LogP contribution in [-0.4, -0.2) is 11.7 Å². The highest BCUT2D eigenvalue weighted by Gasteiger charge is 2.01. The standard InChI is InChI=1S/C21H43O2/c1-3-5-6-7-8-9-10-11-12-13-14-15-16-17-18-19-20-23-21(22)4-2/h22H,3-20H2,1-2H3. The third kappa shape index (κ3) is 19.9. The van der Waals surface area contributed by atoms with E-state index in [-0.39, 0.29) is 6.29 Å². The van der Waals surface area contributed by atoms with Crippen LogP contribution in [0.5, 0.6) is 0 Å². The zero-order chi connectivity index (χ0) is 17.0. The molecule has 0 heterocycles. The number of rotatable bonds is 19. The van der Waals surface area contributed by atoms with E-state index in [9.17, 15) is 5.11 Å². The molecule has 0 saturated carbocycles. The van der Waals surface area contributed by atoms with E-state index >= 15 is 0 Å². The lowest BCUT2D eigenvalue weighted by Gasteiger charge is -2.07. The van der Waals surface area contributed by atoms with Crippen molar-refractivity contribution < 1.29 is 9.84 Å². The summed E-state index contributed by atoms with van der Waals surface area (Å²) in [5, 5.41) is 9.18. The summed E-state index contributed by atoms with van der Waals surface area (Å²) in [6.45, 7) is 4.87. The Morgan fingerprint density at radius 3 is 1.26 bits per heavy atom. The quantitative estimate of drug-likeness (QED) is 0.248. The van der Waals surface area contributed by atoms with Gasteiger partial charge >= 0.3 is 0 Å². The lowest BCUT2D eigenvalue weighted by molar-refractivity contribution is 0.000118. The fourth-order valence-electron chi connectivity index (χ4n) is 2.94. The van der Waals surface area contributed by atoms with Crippen molar-refractivity contribution in [3.05, 3.63) is 6.29 Å². The molecule has 1 N–H and O–H groups in total. The molecule has 0 aromatic rings.